The molecule has 7 nitrogen and oxygen atoms in total. The van der Waals surface area contributed by atoms with Crippen molar-refractivity contribution in [2.75, 3.05) is 26.9 Å². The van der Waals surface area contributed by atoms with Crippen molar-refractivity contribution in [2.24, 2.45) is 0 Å². The number of hydrogen-bond acceptors (Lipinski definition) is 7. The molecule has 2 aromatic rings. The number of nitrogens with zero attached hydrogens (tertiary/aromatic N) is 1. The molecule has 1 aromatic carbocycles. The molecule has 1 aromatic heterocycles. The van der Waals surface area contributed by atoms with Gasteiger partial charge in [0.1, 0.15) is 18.5 Å². The molecular formula is C22H25NO6. The van der Waals surface area contributed by atoms with Gasteiger partial charge in [-0.05, 0) is 36.2 Å². The van der Waals surface area contributed by atoms with E-state index in [4.69, 9.17) is 19.3 Å². The number of aliphatic hydroxyl groups is 1. The summed E-state index contributed by atoms with van der Waals surface area (Å²) in [5.74, 6) is -0.149. The Hall–Kier alpha value is -3.03. The molecule has 0 radical (unpaired) electrons. The summed E-state index contributed by atoms with van der Waals surface area (Å²) in [5.41, 5.74) is 1.37. The molecule has 0 aliphatic rings. The molecule has 0 spiro atoms. The van der Waals surface area contributed by atoms with Crippen molar-refractivity contribution >= 4 is 11.8 Å². The van der Waals surface area contributed by atoms with Crippen molar-refractivity contribution in [1.82, 2.24) is 4.98 Å². The lowest BCUT2D eigenvalue weighted by Crippen LogP contribution is -2.15. The molecule has 7 heteroatoms. The van der Waals surface area contributed by atoms with Gasteiger partial charge >= 0.3 is 5.97 Å². The van der Waals surface area contributed by atoms with E-state index in [9.17, 15) is 9.59 Å². The van der Waals surface area contributed by atoms with Crippen molar-refractivity contribution in [3.05, 3.63) is 72.1 Å². The molecule has 0 saturated carbocycles. The van der Waals surface area contributed by atoms with Crippen LogP contribution in [0.1, 0.15) is 34.9 Å². The molecule has 154 valence electrons. The monoisotopic (exact) mass is 399 g/mol. The number of ether oxygens (including phenoxy) is 3. The van der Waals surface area contributed by atoms with E-state index >= 15 is 0 Å². The molecule has 0 unspecified atom stereocenters. The summed E-state index contributed by atoms with van der Waals surface area (Å²) in [5, 5.41) is 8.94. The van der Waals surface area contributed by atoms with Crippen LogP contribution in [0.3, 0.4) is 0 Å². The zero-order valence-electron chi connectivity index (χ0n) is 16.4. The Labute approximate surface area is 169 Å². The number of aliphatic hydroxyl groups excluding tert-OH is 1. The third-order valence-corrected chi connectivity index (χ3v) is 4.08. The van der Waals surface area contributed by atoms with Gasteiger partial charge < -0.3 is 19.3 Å². The van der Waals surface area contributed by atoms with Gasteiger partial charge in [-0.1, -0.05) is 18.7 Å². The van der Waals surface area contributed by atoms with Gasteiger partial charge in [-0.2, -0.15) is 0 Å². The first kappa shape index (κ1) is 22.3. The van der Waals surface area contributed by atoms with Gasteiger partial charge in [0.2, 0.25) is 0 Å². The molecule has 1 N–H and O–H groups in total. The fourth-order valence-electron chi connectivity index (χ4n) is 2.64. The quantitative estimate of drug-likeness (QED) is 0.433. The van der Waals surface area contributed by atoms with E-state index in [-0.39, 0.29) is 38.4 Å². The molecule has 0 amide bonds. The second-order valence-electron chi connectivity index (χ2n) is 6.28. The maximum atomic E-state index is 12.5. The standard InChI is InChI=1S/C22H25NO6/c1-16(15-27-2)20(25)8-9-21(29-22(26)18-6-4-10-23-14-18)17-5-3-7-19(13-17)28-12-11-24/h3-7,10,13-14,21,24H,1,8-9,11-12,15H2,2H3/t21-/m0/s1. The normalized spacial score (nSPS) is 11.5. The maximum absolute atomic E-state index is 12.5. The van der Waals surface area contributed by atoms with Crippen LogP contribution in [0.25, 0.3) is 0 Å². The van der Waals surface area contributed by atoms with Crippen LogP contribution in [0.15, 0.2) is 60.9 Å². The highest BCUT2D eigenvalue weighted by Crippen LogP contribution is 2.28. The topological polar surface area (TPSA) is 95.0 Å². The second-order valence-corrected chi connectivity index (χ2v) is 6.28. The molecule has 29 heavy (non-hydrogen) atoms. The zero-order chi connectivity index (χ0) is 21.1. The van der Waals surface area contributed by atoms with E-state index in [1.165, 1.54) is 13.3 Å². The summed E-state index contributed by atoms with van der Waals surface area (Å²) in [4.78, 5) is 28.7. The van der Waals surface area contributed by atoms with Crippen molar-refractivity contribution in [2.45, 2.75) is 18.9 Å². The molecule has 0 aliphatic heterocycles. The Kier molecular flexibility index (Phi) is 9.01. The molecular weight excluding hydrogens is 374 g/mol. The van der Waals surface area contributed by atoms with Gasteiger partial charge in [-0.25, -0.2) is 4.79 Å². The van der Waals surface area contributed by atoms with Crippen LogP contribution in [0.2, 0.25) is 0 Å². The van der Waals surface area contributed by atoms with E-state index in [2.05, 4.69) is 11.6 Å². The molecule has 0 aliphatic carbocycles. The highest BCUT2D eigenvalue weighted by Gasteiger charge is 2.21. The van der Waals surface area contributed by atoms with E-state index in [1.807, 2.05) is 0 Å². The number of esters is 1. The predicted octanol–water partition coefficient (Wildman–Crippen LogP) is 2.90. The van der Waals surface area contributed by atoms with Crippen LogP contribution in [-0.4, -0.2) is 48.8 Å². The lowest BCUT2D eigenvalue weighted by atomic mass is 10.0. The van der Waals surface area contributed by atoms with Gasteiger partial charge in [0.15, 0.2) is 5.78 Å². The highest BCUT2D eigenvalue weighted by molar-refractivity contribution is 5.95. The van der Waals surface area contributed by atoms with Crippen molar-refractivity contribution in [3.8, 4) is 5.75 Å². The van der Waals surface area contributed by atoms with Crippen LogP contribution in [-0.2, 0) is 14.3 Å². The van der Waals surface area contributed by atoms with Crippen LogP contribution >= 0.6 is 0 Å². The van der Waals surface area contributed by atoms with Crippen LogP contribution < -0.4 is 4.74 Å². The third-order valence-electron chi connectivity index (χ3n) is 4.08. The minimum atomic E-state index is -0.667. The maximum Gasteiger partial charge on any atom is 0.340 e. The van der Waals surface area contributed by atoms with E-state index in [0.29, 0.717) is 22.4 Å². The van der Waals surface area contributed by atoms with Crippen molar-refractivity contribution in [1.29, 1.82) is 0 Å². The number of carbonyl (C=O) groups excluding carboxylic acids is 2. The summed E-state index contributed by atoms with van der Waals surface area (Å²) >= 11 is 0. The number of carbonyl (C=O) groups is 2. The lowest BCUT2D eigenvalue weighted by Gasteiger charge is -2.19. The van der Waals surface area contributed by atoms with Gasteiger partial charge in [-0.15, -0.1) is 0 Å². The fraction of sp³-hybridized carbons (Fsp3) is 0.318. The van der Waals surface area contributed by atoms with Crippen LogP contribution in [0.4, 0.5) is 0 Å². The highest BCUT2D eigenvalue weighted by atomic mass is 16.5. The summed E-state index contributed by atoms with van der Waals surface area (Å²) in [6.45, 7) is 3.91. The van der Waals surface area contributed by atoms with Crippen LogP contribution in [0.5, 0.6) is 5.75 Å². The number of benzene rings is 1. The fourth-order valence-corrected chi connectivity index (χ4v) is 2.64. The Balaban J connectivity index is 2.17. The van der Waals surface area contributed by atoms with E-state index in [1.54, 1.807) is 42.6 Å². The Bertz CT molecular complexity index is 821. The SMILES string of the molecule is C=C(COC)C(=O)CC[C@H](OC(=O)c1cccnc1)c1cccc(OCCO)c1. The number of methoxy groups -OCH3 is 1. The Morgan fingerprint density at radius 2 is 2.07 bits per heavy atom. The largest absolute Gasteiger partial charge is 0.491 e. The molecule has 0 bridgehead atoms. The number of rotatable bonds is 12. The first-order valence-corrected chi connectivity index (χ1v) is 9.19. The van der Waals surface area contributed by atoms with E-state index in [0.717, 1.165) is 0 Å². The van der Waals surface area contributed by atoms with Gasteiger partial charge in [0.05, 0.1) is 18.8 Å². The molecule has 1 atom stereocenters. The second kappa shape index (κ2) is 11.7. The molecule has 2 rings (SSSR count). The number of aromatic nitrogens is 1. The molecule has 0 fully saturated rings. The molecule has 1 heterocycles. The number of Topliss-reactive ketones (excluding diaryl/α,β-unsaturated/α-hetero) is 1. The number of pyridine rings is 1. The number of ketones is 1. The van der Waals surface area contributed by atoms with Crippen molar-refractivity contribution in [3.63, 3.8) is 0 Å². The Morgan fingerprint density at radius 3 is 2.76 bits per heavy atom. The molecule has 0 saturated heterocycles. The third kappa shape index (κ3) is 7.14. The summed E-state index contributed by atoms with van der Waals surface area (Å²) in [7, 11) is 1.49. The summed E-state index contributed by atoms with van der Waals surface area (Å²) in [6, 6.07) is 10.3. The zero-order valence-corrected chi connectivity index (χ0v) is 16.4. The van der Waals surface area contributed by atoms with Crippen LogP contribution in [0, 0.1) is 0 Å². The average Bonchev–Trinajstić information content (AvgIpc) is 2.75. The smallest absolute Gasteiger partial charge is 0.340 e. The summed E-state index contributed by atoms with van der Waals surface area (Å²) in [6.07, 6.45) is 2.74. The van der Waals surface area contributed by atoms with Gasteiger partial charge in [-0.3, -0.25) is 9.78 Å². The van der Waals surface area contributed by atoms with E-state index < -0.39 is 12.1 Å². The Morgan fingerprint density at radius 1 is 1.24 bits per heavy atom. The first-order valence-electron chi connectivity index (χ1n) is 9.19. The first-order chi connectivity index (χ1) is 14.0. The minimum absolute atomic E-state index is 0.111. The average molecular weight is 399 g/mol. The summed E-state index contributed by atoms with van der Waals surface area (Å²) < 4.78 is 16.1. The number of hydrogen-bond donors (Lipinski definition) is 1. The van der Waals surface area contributed by atoms with Gasteiger partial charge in [0.25, 0.3) is 0 Å². The minimum Gasteiger partial charge on any atom is -0.491 e. The van der Waals surface area contributed by atoms with Crippen molar-refractivity contribution < 1.29 is 28.9 Å². The lowest BCUT2D eigenvalue weighted by molar-refractivity contribution is -0.116. The van der Waals surface area contributed by atoms with Gasteiger partial charge in [0, 0.05) is 31.5 Å². The predicted molar refractivity (Wildman–Crippen MR) is 107 cm³/mol.